The zero-order chi connectivity index (χ0) is 11.0. The van der Waals surface area contributed by atoms with Gasteiger partial charge in [-0.3, -0.25) is 0 Å². The van der Waals surface area contributed by atoms with Crippen LogP contribution in [-0.2, 0) is 14.5 Å². The van der Waals surface area contributed by atoms with Crippen molar-refractivity contribution in [1.82, 2.24) is 0 Å². The first-order valence-electron chi connectivity index (χ1n) is 5.51. The second-order valence-electron chi connectivity index (χ2n) is 4.07. The Morgan fingerprint density at radius 1 is 1.07 bits per heavy atom. The maximum absolute atomic E-state index is 5.54. The van der Waals surface area contributed by atoms with Gasteiger partial charge in [-0.25, -0.2) is 9.78 Å². The molecule has 0 amide bonds. The van der Waals surface area contributed by atoms with Crippen LogP contribution in [0.25, 0.3) is 0 Å². The van der Waals surface area contributed by atoms with Crippen LogP contribution >= 0.6 is 0 Å². The van der Waals surface area contributed by atoms with Crippen molar-refractivity contribution >= 4 is 0 Å². The van der Waals surface area contributed by atoms with E-state index in [1.165, 1.54) is 0 Å². The predicted molar refractivity (Wildman–Crippen MR) is 56.8 cm³/mol. The summed E-state index contributed by atoms with van der Waals surface area (Å²) in [7, 11) is 0. The lowest BCUT2D eigenvalue weighted by Crippen LogP contribution is -2.27. The molecule has 14 heavy (non-hydrogen) atoms. The molecule has 3 heteroatoms. The molecule has 0 saturated carbocycles. The topological polar surface area (TPSA) is 27.7 Å². The first kappa shape index (κ1) is 13.9. The van der Waals surface area contributed by atoms with Crippen molar-refractivity contribution in [2.75, 3.05) is 6.61 Å². The third-order valence-electron chi connectivity index (χ3n) is 1.69. The van der Waals surface area contributed by atoms with Gasteiger partial charge in [0.1, 0.15) is 0 Å². The van der Waals surface area contributed by atoms with E-state index in [4.69, 9.17) is 14.5 Å². The molecule has 0 aliphatic heterocycles. The molecule has 0 aliphatic rings. The number of hydrogen-bond acceptors (Lipinski definition) is 3. The molecule has 0 aromatic rings. The standard InChI is InChI=1S/C11H24O3/c1-6-7-8-12-14-11(9(2)3)13-10(4)5/h9-11H,6-8H2,1-5H3. The fourth-order valence-electron chi connectivity index (χ4n) is 0.878. The lowest BCUT2D eigenvalue weighted by atomic mass is 10.2. The number of ether oxygens (including phenoxy) is 1. The van der Waals surface area contributed by atoms with Crippen molar-refractivity contribution in [1.29, 1.82) is 0 Å². The molecule has 1 unspecified atom stereocenters. The summed E-state index contributed by atoms with van der Waals surface area (Å²) in [6, 6.07) is 0. The van der Waals surface area contributed by atoms with Gasteiger partial charge in [0.05, 0.1) is 12.7 Å². The highest BCUT2D eigenvalue weighted by Gasteiger charge is 2.16. The Morgan fingerprint density at radius 3 is 2.14 bits per heavy atom. The van der Waals surface area contributed by atoms with Gasteiger partial charge in [0, 0.05) is 5.92 Å². The monoisotopic (exact) mass is 204 g/mol. The molecule has 0 rings (SSSR count). The SMILES string of the molecule is CCCCOOC(OC(C)C)C(C)C. The van der Waals surface area contributed by atoms with E-state index in [0.717, 1.165) is 12.8 Å². The third kappa shape index (κ3) is 7.30. The highest BCUT2D eigenvalue weighted by Crippen LogP contribution is 2.11. The summed E-state index contributed by atoms with van der Waals surface area (Å²) < 4.78 is 5.54. The van der Waals surface area contributed by atoms with Crippen molar-refractivity contribution in [3.63, 3.8) is 0 Å². The van der Waals surface area contributed by atoms with Crippen LogP contribution in [-0.4, -0.2) is 19.0 Å². The average molecular weight is 204 g/mol. The first-order chi connectivity index (χ1) is 6.57. The Bertz CT molecular complexity index is 124. The molecule has 0 heterocycles. The molecular formula is C11H24O3. The molecule has 0 radical (unpaired) electrons. The van der Waals surface area contributed by atoms with Gasteiger partial charge in [-0.1, -0.05) is 27.2 Å². The van der Waals surface area contributed by atoms with Gasteiger partial charge in [-0.05, 0) is 20.3 Å². The summed E-state index contributed by atoms with van der Waals surface area (Å²) in [5.41, 5.74) is 0. The van der Waals surface area contributed by atoms with Crippen molar-refractivity contribution in [2.24, 2.45) is 5.92 Å². The smallest absolute Gasteiger partial charge is 0.193 e. The molecular weight excluding hydrogens is 180 g/mol. The van der Waals surface area contributed by atoms with E-state index in [-0.39, 0.29) is 12.4 Å². The largest absolute Gasteiger partial charge is 0.347 e. The Labute approximate surface area is 87.7 Å². The van der Waals surface area contributed by atoms with Crippen LogP contribution in [0.4, 0.5) is 0 Å². The Balaban J connectivity index is 3.63. The quantitative estimate of drug-likeness (QED) is 0.263. The summed E-state index contributed by atoms with van der Waals surface area (Å²) >= 11 is 0. The maximum Gasteiger partial charge on any atom is 0.193 e. The molecule has 0 bridgehead atoms. The third-order valence-corrected chi connectivity index (χ3v) is 1.69. The van der Waals surface area contributed by atoms with E-state index in [1.807, 2.05) is 13.8 Å². The normalized spacial score (nSPS) is 13.9. The summed E-state index contributed by atoms with van der Waals surface area (Å²) in [6.45, 7) is 10.8. The van der Waals surface area contributed by atoms with Crippen molar-refractivity contribution in [2.45, 2.75) is 59.9 Å². The zero-order valence-corrected chi connectivity index (χ0v) is 10.1. The Kier molecular flexibility index (Phi) is 8.14. The minimum Gasteiger partial charge on any atom is -0.347 e. The predicted octanol–water partition coefficient (Wildman–Crippen LogP) is 3.14. The summed E-state index contributed by atoms with van der Waals surface area (Å²) in [5.74, 6) is 0.305. The van der Waals surface area contributed by atoms with Gasteiger partial charge in [-0.15, -0.1) is 0 Å². The molecule has 0 aromatic carbocycles. The molecule has 0 N–H and O–H groups in total. The van der Waals surface area contributed by atoms with Crippen LogP contribution in [0.5, 0.6) is 0 Å². The van der Waals surface area contributed by atoms with Gasteiger partial charge in [0.15, 0.2) is 6.29 Å². The molecule has 0 saturated heterocycles. The van der Waals surface area contributed by atoms with Crippen LogP contribution in [0.1, 0.15) is 47.5 Å². The van der Waals surface area contributed by atoms with E-state index in [2.05, 4.69) is 20.8 Å². The Hall–Kier alpha value is -0.120. The van der Waals surface area contributed by atoms with Crippen LogP contribution in [0.2, 0.25) is 0 Å². The fourth-order valence-corrected chi connectivity index (χ4v) is 0.878. The number of rotatable bonds is 8. The fraction of sp³-hybridized carbons (Fsp3) is 1.00. The molecule has 3 nitrogen and oxygen atoms in total. The molecule has 86 valence electrons. The second-order valence-corrected chi connectivity index (χ2v) is 4.07. The van der Waals surface area contributed by atoms with Gasteiger partial charge in [0.2, 0.25) is 0 Å². The average Bonchev–Trinajstić information content (AvgIpc) is 2.09. The first-order valence-corrected chi connectivity index (χ1v) is 5.51. The van der Waals surface area contributed by atoms with Crippen LogP contribution < -0.4 is 0 Å². The molecule has 0 aliphatic carbocycles. The van der Waals surface area contributed by atoms with Crippen LogP contribution in [0.3, 0.4) is 0 Å². The minimum absolute atomic E-state index is 0.164. The summed E-state index contributed by atoms with van der Waals surface area (Å²) in [6.07, 6.45) is 2.04. The molecule has 0 aromatic heterocycles. The van der Waals surface area contributed by atoms with Gasteiger partial charge in [0.25, 0.3) is 0 Å². The van der Waals surface area contributed by atoms with Gasteiger partial charge >= 0.3 is 0 Å². The number of unbranched alkanes of at least 4 members (excludes halogenated alkanes) is 1. The Morgan fingerprint density at radius 2 is 1.71 bits per heavy atom. The number of hydrogen-bond donors (Lipinski definition) is 0. The van der Waals surface area contributed by atoms with Crippen LogP contribution in [0, 0.1) is 5.92 Å². The highest BCUT2D eigenvalue weighted by atomic mass is 17.2. The highest BCUT2D eigenvalue weighted by molar-refractivity contribution is 4.50. The van der Waals surface area contributed by atoms with Crippen molar-refractivity contribution in [3.05, 3.63) is 0 Å². The van der Waals surface area contributed by atoms with Crippen molar-refractivity contribution < 1.29 is 14.5 Å². The lowest BCUT2D eigenvalue weighted by Gasteiger charge is -2.22. The van der Waals surface area contributed by atoms with E-state index < -0.39 is 0 Å². The van der Waals surface area contributed by atoms with E-state index in [9.17, 15) is 0 Å². The summed E-state index contributed by atoms with van der Waals surface area (Å²) in [4.78, 5) is 10.3. The van der Waals surface area contributed by atoms with E-state index in [1.54, 1.807) is 0 Å². The molecule has 0 fully saturated rings. The molecule has 1 atom stereocenters. The van der Waals surface area contributed by atoms with Gasteiger partial charge < -0.3 is 4.74 Å². The van der Waals surface area contributed by atoms with E-state index in [0.29, 0.717) is 12.5 Å². The van der Waals surface area contributed by atoms with Gasteiger partial charge in [-0.2, -0.15) is 0 Å². The summed E-state index contributed by atoms with van der Waals surface area (Å²) in [5, 5.41) is 0. The minimum atomic E-state index is -0.258. The second kappa shape index (κ2) is 8.21. The zero-order valence-electron chi connectivity index (χ0n) is 10.1. The lowest BCUT2D eigenvalue weighted by molar-refractivity contribution is -0.393. The molecule has 0 spiro atoms. The van der Waals surface area contributed by atoms with E-state index >= 15 is 0 Å². The van der Waals surface area contributed by atoms with Crippen molar-refractivity contribution in [3.8, 4) is 0 Å². The van der Waals surface area contributed by atoms with Crippen LogP contribution in [0.15, 0.2) is 0 Å². The maximum atomic E-state index is 5.54.